The first kappa shape index (κ1) is 19.2. The summed E-state index contributed by atoms with van der Waals surface area (Å²) in [6.07, 6.45) is 2.86. The molecule has 0 amide bonds. The maximum absolute atomic E-state index is 10.2. The highest BCUT2D eigenvalue weighted by atomic mass is 127. The van der Waals surface area contributed by atoms with Gasteiger partial charge in [0, 0.05) is 20.1 Å². The molecule has 1 aromatic rings. The van der Waals surface area contributed by atoms with Gasteiger partial charge in [0.1, 0.15) is 0 Å². The second-order valence-corrected chi connectivity index (χ2v) is 6.03. The Morgan fingerprint density at radius 3 is 2.59 bits per heavy atom. The maximum Gasteiger partial charge on any atom is 0.194 e. The van der Waals surface area contributed by atoms with Gasteiger partial charge in [-0.15, -0.1) is 24.0 Å². The molecular formula is C17H28IN3O. The molecule has 0 atom stereocenters. The molecule has 1 aromatic carbocycles. The number of aryl methyl sites for hydroxylation is 1. The lowest BCUT2D eigenvalue weighted by molar-refractivity contribution is -0.0237. The molecule has 5 heteroatoms. The second-order valence-electron chi connectivity index (χ2n) is 6.03. The van der Waals surface area contributed by atoms with E-state index in [9.17, 15) is 5.11 Å². The summed E-state index contributed by atoms with van der Waals surface area (Å²) in [6.45, 7) is 6.33. The Morgan fingerprint density at radius 2 is 2.05 bits per heavy atom. The third kappa shape index (κ3) is 5.12. The third-order valence-corrected chi connectivity index (χ3v) is 4.17. The van der Waals surface area contributed by atoms with Gasteiger partial charge in [0.2, 0.25) is 0 Å². The predicted octanol–water partition coefficient (Wildman–Crippen LogP) is 2.93. The summed E-state index contributed by atoms with van der Waals surface area (Å²) in [6, 6.07) is 8.40. The summed E-state index contributed by atoms with van der Waals surface area (Å²) >= 11 is 0. The van der Waals surface area contributed by atoms with E-state index in [4.69, 9.17) is 0 Å². The highest BCUT2D eigenvalue weighted by molar-refractivity contribution is 14.0. The summed E-state index contributed by atoms with van der Waals surface area (Å²) in [5.74, 6) is 0.862. The van der Waals surface area contributed by atoms with E-state index in [2.05, 4.69) is 53.3 Å². The molecule has 0 heterocycles. The van der Waals surface area contributed by atoms with Gasteiger partial charge in [-0.2, -0.15) is 0 Å². The van der Waals surface area contributed by atoms with Gasteiger partial charge in [-0.05, 0) is 44.2 Å². The molecule has 0 saturated heterocycles. The van der Waals surface area contributed by atoms with E-state index >= 15 is 0 Å². The van der Waals surface area contributed by atoms with Crippen LogP contribution in [0.1, 0.15) is 37.3 Å². The van der Waals surface area contributed by atoms with Crippen molar-refractivity contribution >= 4 is 29.9 Å². The number of aliphatic imine (C=N–C) groups is 1. The minimum absolute atomic E-state index is 0. The van der Waals surface area contributed by atoms with Gasteiger partial charge in [-0.3, -0.25) is 4.99 Å². The summed E-state index contributed by atoms with van der Waals surface area (Å²) in [5.41, 5.74) is 2.02. The molecule has 1 aliphatic rings. The minimum Gasteiger partial charge on any atom is -0.388 e. The van der Waals surface area contributed by atoms with E-state index < -0.39 is 5.60 Å². The van der Waals surface area contributed by atoms with Crippen molar-refractivity contribution in [2.24, 2.45) is 4.99 Å². The Hall–Kier alpha value is -0.820. The Kier molecular flexibility index (Phi) is 7.62. The zero-order valence-electron chi connectivity index (χ0n) is 13.8. The smallest absolute Gasteiger partial charge is 0.194 e. The van der Waals surface area contributed by atoms with E-state index in [-0.39, 0.29) is 24.0 Å². The first-order valence-corrected chi connectivity index (χ1v) is 7.80. The van der Waals surface area contributed by atoms with Gasteiger partial charge < -0.3 is 15.3 Å². The number of nitrogens with one attached hydrogen (secondary N) is 1. The maximum atomic E-state index is 10.2. The van der Waals surface area contributed by atoms with Crippen LogP contribution < -0.4 is 5.32 Å². The molecule has 2 rings (SSSR count). The van der Waals surface area contributed by atoms with Crippen LogP contribution >= 0.6 is 24.0 Å². The zero-order valence-corrected chi connectivity index (χ0v) is 16.1. The van der Waals surface area contributed by atoms with E-state index in [0.29, 0.717) is 6.54 Å². The van der Waals surface area contributed by atoms with Gasteiger partial charge in [0.15, 0.2) is 5.96 Å². The van der Waals surface area contributed by atoms with Crippen molar-refractivity contribution in [1.82, 2.24) is 10.2 Å². The fourth-order valence-electron chi connectivity index (χ4n) is 2.55. The molecule has 2 N–H and O–H groups in total. The second kappa shape index (κ2) is 8.72. The zero-order chi connectivity index (χ0) is 15.3. The fourth-order valence-corrected chi connectivity index (χ4v) is 2.55. The first-order valence-electron chi connectivity index (χ1n) is 7.80. The molecule has 0 aliphatic heterocycles. The molecule has 0 aromatic heterocycles. The van der Waals surface area contributed by atoms with Gasteiger partial charge in [0.25, 0.3) is 0 Å². The Bertz CT molecular complexity index is 500. The van der Waals surface area contributed by atoms with Crippen LogP contribution in [-0.2, 0) is 6.54 Å². The molecule has 22 heavy (non-hydrogen) atoms. The monoisotopic (exact) mass is 417 g/mol. The van der Waals surface area contributed by atoms with E-state index in [1.165, 1.54) is 11.1 Å². The molecule has 1 fully saturated rings. The van der Waals surface area contributed by atoms with Crippen LogP contribution in [0, 0.1) is 6.92 Å². The molecule has 1 saturated carbocycles. The van der Waals surface area contributed by atoms with Gasteiger partial charge in [-0.1, -0.05) is 24.3 Å². The van der Waals surface area contributed by atoms with Crippen molar-refractivity contribution in [2.45, 2.75) is 45.3 Å². The molecule has 0 radical (unpaired) electrons. The number of rotatable bonds is 5. The highest BCUT2D eigenvalue weighted by Crippen LogP contribution is 2.31. The van der Waals surface area contributed by atoms with Crippen molar-refractivity contribution in [3.05, 3.63) is 35.4 Å². The Labute approximate surface area is 151 Å². The normalized spacial score (nSPS) is 16.5. The Morgan fingerprint density at radius 1 is 1.36 bits per heavy atom. The number of nitrogens with zero attached hydrogens (tertiary/aromatic N) is 2. The van der Waals surface area contributed by atoms with Crippen LogP contribution in [0.3, 0.4) is 0 Å². The van der Waals surface area contributed by atoms with Crippen LogP contribution in [0.2, 0.25) is 0 Å². The molecular weight excluding hydrogens is 389 g/mol. The minimum atomic E-state index is -0.565. The average molecular weight is 417 g/mol. The van der Waals surface area contributed by atoms with E-state index in [0.717, 1.165) is 38.3 Å². The summed E-state index contributed by atoms with van der Waals surface area (Å²) in [5, 5.41) is 13.5. The SMILES string of the molecule is CCNC(=NCC1(O)CCC1)N(C)Cc1ccccc1C.I. The quantitative estimate of drug-likeness (QED) is 0.440. The largest absolute Gasteiger partial charge is 0.388 e. The highest BCUT2D eigenvalue weighted by Gasteiger charge is 2.34. The molecule has 0 spiro atoms. The molecule has 124 valence electrons. The number of benzene rings is 1. The van der Waals surface area contributed by atoms with E-state index in [1.54, 1.807) is 0 Å². The number of aliphatic hydroxyl groups is 1. The number of halogens is 1. The van der Waals surface area contributed by atoms with Gasteiger partial charge >= 0.3 is 0 Å². The molecule has 4 nitrogen and oxygen atoms in total. The van der Waals surface area contributed by atoms with Gasteiger partial charge in [-0.25, -0.2) is 0 Å². The summed E-state index contributed by atoms with van der Waals surface area (Å²) in [4.78, 5) is 6.73. The van der Waals surface area contributed by atoms with Crippen molar-refractivity contribution < 1.29 is 5.11 Å². The lowest BCUT2D eigenvalue weighted by atomic mass is 9.80. The van der Waals surface area contributed by atoms with Crippen LogP contribution in [-0.4, -0.2) is 41.7 Å². The third-order valence-electron chi connectivity index (χ3n) is 4.17. The van der Waals surface area contributed by atoms with Crippen LogP contribution in [0.15, 0.2) is 29.3 Å². The van der Waals surface area contributed by atoms with Crippen LogP contribution in [0.4, 0.5) is 0 Å². The van der Waals surface area contributed by atoms with Crippen molar-refractivity contribution in [3.63, 3.8) is 0 Å². The molecule has 0 bridgehead atoms. The lowest BCUT2D eigenvalue weighted by Gasteiger charge is -2.35. The number of hydrogen-bond acceptors (Lipinski definition) is 2. The Balaban J connectivity index is 0.00000242. The van der Waals surface area contributed by atoms with Crippen molar-refractivity contribution in [3.8, 4) is 0 Å². The lowest BCUT2D eigenvalue weighted by Crippen LogP contribution is -2.43. The summed E-state index contributed by atoms with van der Waals surface area (Å²) < 4.78 is 0. The van der Waals surface area contributed by atoms with Crippen LogP contribution in [0.25, 0.3) is 0 Å². The predicted molar refractivity (Wildman–Crippen MR) is 103 cm³/mol. The van der Waals surface area contributed by atoms with Gasteiger partial charge in [0.05, 0.1) is 12.1 Å². The number of guanidine groups is 1. The van der Waals surface area contributed by atoms with Crippen molar-refractivity contribution in [2.75, 3.05) is 20.1 Å². The van der Waals surface area contributed by atoms with E-state index in [1.807, 2.05) is 7.05 Å². The van der Waals surface area contributed by atoms with Crippen LogP contribution in [0.5, 0.6) is 0 Å². The first-order chi connectivity index (χ1) is 10.0. The molecule has 0 unspecified atom stereocenters. The standard InChI is InChI=1S/C17H27N3O.HI/c1-4-18-16(19-13-17(21)10-7-11-17)20(3)12-15-9-6-5-8-14(15)2;/h5-6,8-9,21H,4,7,10-13H2,1-3H3,(H,18,19);1H. The van der Waals surface area contributed by atoms with Crippen molar-refractivity contribution in [1.29, 1.82) is 0 Å². The fraction of sp³-hybridized carbons (Fsp3) is 0.588. The number of hydrogen-bond donors (Lipinski definition) is 2. The topological polar surface area (TPSA) is 47.9 Å². The average Bonchev–Trinajstić information content (AvgIpc) is 2.43. The molecule has 1 aliphatic carbocycles. The summed E-state index contributed by atoms with van der Waals surface area (Å²) in [7, 11) is 2.04.